The van der Waals surface area contributed by atoms with Gasteiger partial charge in [0.15, 0.2) is 0 Å². The molecule has 0 aliphatic carbocycles. The molecule has 0 atom stereocenters. The summed E-state index contributed by atoms with van der Waals surface area (Å²) in [4.78, 5) is 35.2. The number of hydrogen-bond acceptors (Lipinski definition) is 8. The van der Waals surface area contributed by atoms with Crippen molar-refractivity contribution >= 4 is 63.7 Å². The maximum Gasteiger partial charge on any atom is 0.323 e. The van der Waals surface area contributed by atoms with E-state index in [-0.39, 0.29) is 21.5 Å². The van der Waals surface area contributed by atoms with Gasteiger partial charge in [-0.25, -0.2) is 0 Å². The van der Waals surface area contributed by atoms with Gasteiger partial charge in [0, 0.05) is 11.8 Å². The first-order valence-corrected chi connectivity index (χ1v) is 9.03. The first kappa shape index (κ1) is 19.4. The van der Waals surface area contributed by atoms with E-state index >= 15 is 0 Å². The molecule has 1 aliphatic rings. The number of aliphatic hydroxyl groups excluding tert-OH is 1. The number of carbonyl (C=O) groups is 2. The van der Waals surface area contributed by atoms with Gasteiger partial charge >= 0.3 is 5.97 Å². The van der Waals surface area contributed by atoms with E-state index in [1.165, 1.54) is 12.1 Å². The van der Waals surface area contributed by atoms with Crippen LogP contribution in [-0.4, -0.2) is 55.1 Å². The molecule has 1 aliphatic heterocycles. The number of rotatable bonds is 7. The number of nitrogens with zero attached hydrogens (tertiary/aromatic N) is 2. The van der Waals surface area contributed by atoms with Crippen LogP contribution in [0.15, 0.2) is 28.0 Å². The zero-order chi connectivity index (χ0) is 18.6. The van der Waals surface area contributed by atoms with Crippen molar-refractivity contribution in [3.8, 4) is 0 Å². The van der Waals surface area contributed by atoms with Crippen molar-refractivity contribution in [1.82, 2.24) is 4.90 Å². The largest absolute Gasteiger partial charge is 0.480 e. The Morgan fingerprint density at radius 3 is 2.80 bits per heavy atom. The minimum Gasteiger partial charge on any atom is -0.480 e. The van der Waals surface area contributed by atoms with Gasteiger partial charge in [-0.1, -0.05) is 30.0 Å². The Bertz CT molecular complexity index is 780. The number of carboxylic acid groups (broad SMARTS) is 1. The van der Waals surface area contributed by atoms with Crippen LogP contribution in [0.25, 0.3) is 6.08 Å². The summed E-state index contributed by atoms with van der Waals surface area (Å²) < 4.78 is 0.128. The molecule has 0 saturated carbocycles. The lowest BCUT2D eigenvalue weighted by Gasteiger charge is -2.10. The number of aliphatic carboxylic acids is 1. The topological polar surface area (TPSA) is 121 Å². The first-order valence-electron chi connectivity index (χ1n) is 6.82. The predicted octanol–water partition coefficient (Wildman–Crippen LogP) is 1.97. The van der Waals surface area contributed by atoms with E-state index < -0.39 is 23.3 Å². The Morgan fingerprint density at radius 2 is 2.20 bits per heavy atom. The number of hydrogen-bond donors (Lipinski definition) is 2. The quantitative estimate of drug-likeness (QED) is 0.232. The summed E-state index contributed by atoms with van der Waals surface area (Å²) in [5.74, 6) is -1.40. The second-order valence-corrected chi connectivity index (χ2v) is 7.53. The summed E-state index contributed by atoms with van der Waals surface area (Å²) in [5, 5.41) is 28.9. The summed E-state index contributed by atoms with van der Waals surface area (Å²) >= 11 is 7.10. The number of thioether (sulfide) groups is 2. The standard InChI is InChI=1S/C14H12N2O6S3/c17-3-4-24-10-2-1-8(5-9(10)16(21)22)6-11-13(20)15(7-12(18)19)14(23)25-11/h1-2,5-6,17H,3-4,7H2,(H,18,19)/b11-6+. The van der Waals surface area contributed by atoms with E-state index in [0.717, 1.165) is 28.4 Å². The summed E-state index contributed by atoms with van der Waals surface area (Å²) in [6.07, 6.45) is 1.44. The third kappa shape index (κ3) is 4.78. The summed E-state index contributed by atoms with van der Waals surface area (Å²) in [6.45, 7) is -0.630. The van der Waals surface area contributed by atoms with E-state index in [4.69, 9.17) is 22.4 Å². The summed E-state index contributed by atoms with van der Waals surface area (Å²) in [5.41, 5.74) is 0.295. The van der Waals surface area contributed by atoms with Gasteiger partial charge < -0.3 is 10.2 Å². The Labute approximate surface area is 156 Å². The van der Waals surface area contributed by atoms with Crippen LogP contribution < -0.4 is 0 Å². The molecule has 8 nitrogen and oxygen atoms in total. The first-order chi connectivity index (χ1) is 11.8. The van der Waals surface area contributed by atoms with Crippen LogP contribution in [0.5, 0.6) is 0 Å². The predicted molar refractivity (Wildman–Crippen MR) is 98.4 cm³/mol. The van der Waals surface area contributed by atoms with E-state index in [1.54, 1.807) is 12.1 Å². The Balaban J connectivity index is 2.30. The van der Waals surface area contributed by atoms with Gasteiger partial charge in [-0.15, -0.1) is 11.8 Å². The second kappa shape index (κ2) is 8.43. The van der Waals surface area contributed by atoms with Crippen LogP contribution in [0.3, 0.4) is 0 Å². The molecule has 1 aromatic rings. The molecule has 132 valence electrons. The zero-order valence-corrected chi connectivity index (χ0v) is 15.0. The van der Waals surface area contributed by atoms with E-state index in [1.807, 2.05) is 0 Å². The highest BCUT2D eigenvalue weighted by Crippen LogP contribution is 2.34. The fraction of sp³-hybridized carbons (Fsp3) is 0.214. The van der Waals surface area contributed by atoms with E-state index in [9.17, 15) is 19.7 Å². The number of aliphatic hydroxyl groups is 1. The molecular formula is C14H12N2O6S3. The van der Waals surface area contributed by atoms with Crippen molar-refractivity contribution in [3.05, 3.63) is 38.8 Å². The molecule has 0 bridgehead atoms. The highest BCUT2D eigenvalue weighted by Gasteiger charge is 2.33. The number of amides is 1. The molecule has 25 heavy (non-hydrogen) atoms. The van der Waals surface area contributed by atoms with Crippen molar-refractivity contribution in [2.45, 2.75) is 4.90 Å². The van der Waals surface area contributed by atoms with Crippen LogP contribution in [0.1, 0.15) is 5.56 Å². The average molecular weight is 400 g/mol. The number of carbonyl (C=O) groups excluding carboxylic acids is 1. The number of thiocarbonyl (C=S) groups is 1. The van der Waals surface area contributed by atoms with Gasteiger partial charge in [0.1, 0.15) is 10.9 Å². The molecule has 2 N–H and O–H groups in total. The Morgan fingerprint density at radius 1 is 1.48 bits per heavy atom. The van der Waals surface area contributed by atoms with Crippen molar-refractivity contribution < 1.29 is 24.7 Å². The smallest absolute Gasteiger partial charge is 0.323 e. The van der Waals surface area contributed by atoms with Crippen LogP contribution >= 0.6 is 35.7 Å². The van der Waals surface area contributed by atoms with Gasteiger partial charge in [0.25, 0.3) is 11.6 Å². The highest BCUT2D eigenvalue weighted by atomic mass is 32.2. The van der Waals surface area contributed by atoms with Crippen LogP contribution in [0, 0.1) is 10.1 Å². The lowest BCUT2D eigenvalue weighted by molar-refractivity contribution is -0.387. The van der Waals surface area contributed by atoms with E-state index in [0.29, 0.717) is 16.2 Å². The van der Waals surface area contributed by atoms with Crippen molar-refractivity contribution in [2.75, 3.05) is 18.9 Å². The average Bonchev–Trinajstić information content (AvgIpc) is 2.80. The minimum absolute atomic E-state index is 0.102. The molecule has 2 rings (SSSR count). The fourth-order valence-corrected chi connectivity index (χ4v) is 3.98. The van der Waals surface area contributed by atoms with Gasteiger partial charge in [-0.05, 0) is 17.7 Å². The Hall–Kier alpha value is -1.95. The fourth-order valence-electron chi connectivity index (χ4n) is 1.97. The van der Waals surface area contributed by atoms with Crippen LogP contribution in [0.2, 0.25) is 0 Å². The van der Waals surface area contributed by atoms with Gasteiger partial charge in [0.2, 0.25) is 0 Å². The van der Waals surface area contributed by atoms with Crippen LogP contribution in [0.4, 0.5) is 5.69 Å². The van der Waals surface area contributed by atoms with Crippen molar-refractivity contribution in [1.29, 1.82) is 0 Å². The molecule has 1 amide bonds. The molecule has 0 radical (unpaired) electrons. The number of nitro benzene ring substituents is 1. The number of carboxylic acids is 1. The molecule has 1 aromatic carbocycles. The zero-order valence-electron chi connectivity index (χ0n) is 12.6. The molecule has 11 heteroatoms. The molecular weight excluding hydrogens is 388 g/mol. The molecule has 0 unspecified atom stereocenters. The Kier molecular flexibility index (Phi) is 6.53. The van der Waals surface area contributed by atoms with Gasteiger partial charge in [-0.2, -0.15) is 0 Å². The summed E-state index contributed by atoms with van der Waals surface area (Å²) in [6, 6.07) is 4.47. The van der Waals surface area contributed by atoms with Gasteiger partial charge in [0.05, 0.1) is 21.3 Å². The lowest BCUT2D eigenvalue weighted by atomic mass is 10.2. The number of benzene rings is 1. The third-order valence-corrected chi connectivity index (χ3v) is 5.41. The maximum absolute atomic E-state index is 12.2. The lowest BCUT2D eigenvalue weighted by Crippen LogP contribution is -2.33. The van der Waals surface area contributed by atoms with Crippen molar-refractivity contribution in [3.63, 3.8) is 0 Å². The summed E-state index contributed by atoms with van der Waals surface area (Å²) in [7, 11) is 0. The minimum atomic E-state index is -1.18. The van der Waals surface area contributed by atoms with Gasteiger partial charge in [-0.3, -0.25) is 24.6 Å². The molecule has 1 fully saturated rings. The molecule has 0 aromatic heterocycles. The second-order valence-electron chi connectivity index (χ2n) is 4.72. The molecule has 1 heterocycles. The van der Waals surface area contributed by atoms with Crippen LogP contribution in [-0.2, 0) is 9.59 Å². The number of nitro groups is 1. The molecule has 0 spiro atoms. The highest BCUT2D eigenvalue weighted by molar-refractivity contribution is 8.26. The third-order valence-electron chi connectivity index (χ3n) is 2.99. The monoisotopic (exact) mass is 400 g/mol. The van der Waals surface area contributed by atoms with E-state index in [2.05, 4.69) is 0 Å². The molecule has 1 saturated heterocycles. The maximum atomic E-state index is 12.2. The SMILES string of the molecule is O=C(O)CN1C(=O)/C(=C\c2ccc(SCCO)c([N+](=O)[O-])c2)SC1=S. The van der Waals surface area contributed by atoms with Crippen molar-refractivity contribution in [2.24, 2.45) is 0 Å². The normalized spacial score (nSPS) is 15.9.